The van der Waals surface area contributed by atoms with E-state index < -0.39 is 0 Å². The summed E-state index contributed by atoms with van der Waals surface area (Å²) in [5.74, 6) is 0. The van der Waals surface area contributed by atoms with Crippen molar-refractivity contribution in [2.75, 3.05) is 32.1 Å². The summed E-state index contributed by atoms with van der Waals surface area (Å²) in [6, 6.07) is 9.02. The summed E-state index contributed by atoms with van der Waals surface area (Å²) in [4.78, 5) is 4.64. The first-order valence-electron chi connectivity index (χ1n) is 6.28. The molecule has 0 amide bonds. The molecule has 1 aromatic rings. The molecular weight excluding hydrogens is 210 g/mol. The number of rotatable bonds is 6. The fourth-order valence-corrected chi connectivity index (χ4v) is 2.24. The summed E-state index contributed by atoms with van der Waals surface area (Å²) >= 11 is 0. The van der Waals surface area contributed by atoms with Crippen molar-refractivity contribution in [1.82, 2.24) is 4.90 Å². The molecule has 0 fully saturated rings. The molecule has 0 aliphatic carbocycles. The topological polar surface area (TPSA) is 32.5 Å². The predicted molar refractivity (Wildman–Crippen MR) is 75.4 cm³/mol. The zero-order valence-electron chi connectivity index (χ0n) is 11.5. The lowest BCUT2D eigenvalue weighted by Gasteiger charge is -2.32. The number of nitrogens with two attached hydrogens (primary N) is 1. The molecule has 1 unspecified atom stereocenters. The molecule has 0 spiro atoms. The van der Waals surface area contributed by atoms with Crippen LogP contribution in [0.1, 0.15) is 19.4 Å². The lowest BCUT2D eigenvalue weighted by Crippen LogP contribution is -2.40. The second kappa shape index (κ2) is 6.62. The van der Waals surface area contributed by atoms with Crippen molar-refractivity contribution in [3.63, 3.8) is 0 Å². The van der Waals surface area contributed by atoms with E-state index >= 15 is 0 Å². The summed E-state index contributed by atoms with van der Waals surface area (Å²) < 4.78 is 0. The van der Waals surface area contributed by atoms with Gasteiger partial charge in [0.15, 0.2) is 0 Å². The highest BCUT2D eigenvalue weighted by Gasteiger charge is 2.13. The molecule has 0 aromatic heterocycles. The first-order chi connectivity index (χ1) is 8.08. The van der Waals surface area contributed by atoms with Gasteiger partial charge in [0.1, 0.15) is 0 Å². The molecule has 2 N–H and O–H groups in total. The molecule has 3 nitrogen and oxygen atoms in total. The first kappa shape index (κ1) is 14.0. The Morgan fingerprint density at radius 3 is 2.53 bits per heavy atom. The maximum Gasteiger partial charge on any atom is 0.0388 e. The van der Waals surface area contributed by atoms with Crippen molar-refractivity contribution in [2.45, 2.75) is 26.4 Å². The van der Waals surface area contributed by atoms with Crippen LogP contribution >= 0.6 is 0 Å². The number of benzene rings is 1. The normalized spacial score (nSPS) is 12.8. The van der Waals surface area contributed by atoms with Crippen LogP contribution in [0.4, 0.5) is 5.69 Å². The van der Waals surface area contributed by atoms with Gasteiger partial charge in [-0.3, -0.25) is 0 Å². The lowest BCUT2D eigenvalue weighted by molar-refractivity contribution is 0.373. The maximum atomic E-state index is 5.69. The maximum absolute atomic E-state index is 5.69. The fraction of sp³-hybridized carbons (Fsp3) is 0.571. The van der Waals surface area contributed by atoms with Gasteiger partial charge >= 0.3 is 0 Å². The zero-order chi connectivity index (χ0) is 12.8. The monoisotopic (exact) mass is 235 g/mol. The molecule has 0 aliphatic heterocycles. The summed E-state index contributed by atoms with van der Waals surface area (Å²) in [6.45, 7) is 7.14. The van der Waals surface area contributed by atoms with E-state index in [-0.39, 0.29) is 0 Å². The highest BCUT2D eigenvalue weighted by Crippen LogP contribution is 2.18. The molecule has 1 atom stereocenters. The molecule has 0 aliphatic rings. The average Bonchev–Trinajstić information content (AvgIpc) is 2.29. The van der Waals surface area contributed by atoms with Gasteiger partial charge in [0.2, 0.25) is 0 Å². The number of likely N-dealkylation sites (N-methyl/N-ethyl adjacent to an activating group) is 2. The predicted octanol–water partition coefficient (Wildman–Crippen LogP) is 1.92. The average molecular weight is 235 g/mol. The van der Waals surface area contributed by atoms with Gasteiger partial charge in [-0.05, 0) is 45.6 Å². The largest absolute Gasteiger partial charge is 0.368 e. The van der Waals surface area contributed by atoms with Gasteiger partial charge in [-0.1, -0.05) is 12.1 Å². The third-order valence-corrected chi connectivity index (χ3v) is 2.98. The van der Waals surface area contributed by atoms with Crippen LogP contribution in [-0.4, -0.2) is 38.1 Å². The Hall–Kier alpha value is -1.06. The first-order valence-corrected chi connectivity index (χ1v) is 6.28. The molecule has 0 saturated carbocycles. The SMILES string of the molecule is CCN(c1cccc(CN)c1)C(C)CN(C)C. The molecular formula is C14H25N3. The summed E-state index contributed by atoms with van der Waals surface area (Å²) in [7, 11) is 4.22. The van der Waals surface area contributed by atoms with E-state index in [0.717, 1.165) is 13.1 Å². The van der Waals surface area contributed by atoms with Gasteiger partial charge in [-0.15, -0.1) is 0 Å². The second-order valence-electron chi connectivity index (χ2n) is 4.77. The molecule has 0 radical (unpaired) electrons. The van der Waals surface area contributed by atoms with Crippen LogP contribution in [-0.2, 0) is 6.54 Å². The van der Waals surface area contributed by atoms with Crippen LogP contribution in [0.2, 0.25) is 0 Å². The Balaban J connectivity index is 2.84. The van der Waals surface area contributed by atoms with Gasteiger partial charge in [-0.2, -0.15) is 0 Å². The van der Waals surface area contributed by atoms with E-state index in [2.05, 4.69) is 62.0 Å². The standard InChI is InChI=1S/C14H25N3/c1-5-17(12(2)11-16(3)4)14-8-6-7-13(9-14)10-15/h6-9,12H,5,10-11,15H2,1-4H3. The van der Waals surface area contributed by atoms with E-state index in [4.69, 9.17) is 5.73 Å². The number of nitrogens with zero attached hydrogens (tertiary/aromatic N) is 2. The zero-order valence-corrected chi connectivity index (χ0v) is 11.5. The van der Waals surface area contributed by atoms with E-state index in [1.807, 2.05) is 0 Å². The van der Waals surface area contributed by atoms with Crippen LogP contribution in [0.3, 0.4) is 0 Å². The van der Waals surface area contributed by atoms with Gasteiger partial charge in [0, 0.05) is 31.4 Å². The number of hydrogen-bond acceptors (Lipinski definition) is 3. The van der Waals surface area contributed by atoms with Crippen LogP contribution in [0.15, 0.2) is 24.3 Å². The molecule has 0 heterocycles. The lowest BCUT2D eigenvalue weighted by atomic mass is 10.1. The quantitative estimate of drug-likeness (QED) is 0.817. The molecule has 17 heavy (non-hydrogen) atoms. The minimum Gasteiger partial charge on any atom is -0.368 e. The van der Waals surface area contributed by atoms with Crippen molar-refractivity contribution < 1.29 is 0 Å². The van der Waals surface area contributed by atoms with Crippen LogP contribution in [0, 0.1) is 0 Å². The number of hydrogen-bond donors (Lipinski definition) is 1. The molecule has 1 aromatic carbocycles. The Morgan fingerprint density at radius 2 is 2.00 bits per heavy atom. The highest BCUT2D eigenvalue weighted by molar-refractivity contribution is 5.49. The van der Waals surface area contributed by atoms with Gasteiger partial charge in [0.25, 0.3) is 0 Å². The number of anilines is 1. The smallest absolute Gasteiger partial charge is 0.0388 e. The second-order valence-corrected chi connectivity index (χ2v) is 4.77. The minimum atomic E-state index is 0.503. The Kier molecular flexibility index (Phi) is 5.45. The molecule has 0 saturated heterocycles. The summed E-state index contributed by atoms with van der Waals surface area (Å²) in [6.07, 6.45) is 0. The van der Waals surface area contributed by atoms with Gasteiger partial charge < -0.3 is 15.5 Å². The third-order valence-electron chi connectivity index (χ3n) is 2.98. The molecule has 3 heteroatoms. The third kappa shape index (κ3) is 4.02. The summed E-state index contributed by atoms with van der Waals surface area (Å²) in [5.41, 5.74) is 8.15. The molecule has 96 valence electrons. The van der Waals surface area contributed by atoms with Crippen molar-refractivity contribution in [3.8, 4) is 0 Å². The van der Waals surface area contributed by atoms with E-state index in [0.29, 0.717) is 12.6 Å². The Labute approximate surface area is 105 Å². The van der Waals surface area contributed by atoms with Gasteiger partial charge in [-0.25, -0.2) is 0 Å². The van der Waals surface area contributed by atoms with Crippen LogP contribution in [0.25, 0.3) is 0 Å². The van der Waals surface area contributed by atoms with E-state index in [1.54, 1.807) is 0 Å². The summed E-state index contributed by atoms with van der Waals surface area (Å²) in [5, 5.41) is 0. The molecule has 1 rings (SSSR count). The minimum absolute atomic E-state index is 0.503. The van der Waals surface area contributed by atoms with Crippen molar-refractivity contribution >= 4 is 5.69 Å². The Morgan fingerprint density at radius 1 is 1.29 bits per heavy atom. The fourth-order valence-electron chi connectivity index (χ4n) is 2.24. The van der Waals surface area contributed by atoms with Crippen LogP contribution < -0.4 is 10.6 Å². The van der Waals surface area contributed by atoms with Crippen molar-refractivity contribution in [1.29, 1.82) is 0 Å². The van der Waals surface area contributed by atoms with Crippen LogP contribution in [0.5, 0.6) is 0 Å². The van der Waals surface area contributed by atoms with Crippen molar-refractivity contribution in [3.05, 3.63) is 29.8 Å². The van der Waals surface area contributed by atoms with E-state index in [1.165, 1.54) is 11.3 Å². The van der Waals surface area contributed by atoms with Crippen molar-refractivity contribution in [2.24, 2.45) is 5.73 Å². The highest BCUT2D eigenvalue weighted by atomic mass is 15.2. The Bertz CT molecular complexity index is 336. The molecule has 0 bridgehead atoms. The van der Waals surface area contributed by atoms with Gasteiger partial charge in [0.05, 0.1) is 0 Å². The van der Waals surface area contributed by atoms with E-state index in [9.17, 15) is 0 Å².